The fourth-order valence-corrected chi connectivity index (χ4v) is 2.53. The Morgan fingerprint density at radius 1 is 1.47 bits per heavy atom. The van der Waals surface area contributed by atoms with Gasteiger partial charge in [-0.1, -0.05) is 31.9 Å². The average Bonchev–Trinajstić information content (AvgIpc) is 2.52. The summed E-state index contributed by atoms with van der Waals surface area (Å²) >= 11 is 0. The summed E-state index contributed by atoms with van der Waals surface area (Å²) in [5.74, 6) is -0.874. The number of carboxylic acid groups (broad SMARTS) is 1. The number of aliphatic hydroxyl groups is 1. The molecule has 1 rings (SSSR count). The molecule has 3 heteroatoms. The predicted molar refractivity (Wildman–Crippen MR) is 58.6 cm³/mol. The summed E-state index contributed by atoms with van der Waals surface area (Å²) in [6.45, 7) is 7.47. The number of carboxylic acids is 1. The van der Waals surface area contributed by atoms with Crippen molar-refractivity contribution in [2.75, 3.05) is 0 Å². The van der Waals surface area contributed by atoms with Crippen LogP contribution in [0.4, 0.5) is 0 Å². The Kier molecular flexibility index (Phi) is 3.24. The van der Waals surface area contributed by atoms with Crippen molar-refractivity contribution in [1.29, 1.82) is 0 Å². The van der Waals surface area contributed by atoms with Crippen molar-refractivity contribution in [2.45, 2.75) is 51.6 Å². The maximum atomic E-state index is 10.9. The van der Waals surface area contributed by atoms with E-state index in [4.69, 9.17) is 5.11 Å². The van der Waals surface area contributed by atoms with Gasteiger partial charge in [-0.05, 0) is 19.8 Å². The molecule has 0 aliphatic heterocycles. The highest BCUT2D eigenvalue weighted by Crippen LogP contribution is 2.49. The summed E-state index contributed by atoms with van der Waals surface area (Å²) in [6.07, 6.45) is 3.27. The van der Waals surface area contributed by atoms with Crippen molar-refractivity contribution in [1.82, 2.24) is 0 Å². The van der Waals surface area contributed by atoms with Gasteiger partial charge in [-0.25, -0.2) is 0 Å². The zero-order valence-corrected chi connectivity index (χ0v) is 9.55. The molecule has 86 valence electrons. The summed E-state index contributed by atoms with van der Waals surface area (Å²) in [4.78, 5) is 10.9. The molecule has 0 saturated heterocycles. The lowest BCUT2D eigenvalue weighted by molar-refractivity contribution is -0.144. The Morgan fingerprint density at radius 3 is 2.27 bits per heavy atom. The predicted octanol–water partition coefficient (Wildman–Crippen LogP) is 2.35. The molecule has 1 aliphatic carbocycles. The highest BCUT2D eigenvalue weighted by atomic mass is 16.4. The van der Waals surface area contributed by atoms with Gasteiger partial charge in [0.05, 0.1) is 12.0 Å². The molecular formula is C12H20O3. The first-order chi connectivity index (χ1) is 6.82. The Hall–Kier alpha value is -0.830. The minimum atomic E-state index is -0.878. The van der Waals surface area contributed by atoms with Crippen LogP contribution < -0.4 is 0 Å². The van der Waals surface area contributed by atoms with E-state index in [2.05, 4.69) is 6.58 Å². The second kappa shape index (κ2) is 3.97. The molecule has 1 aliphatic rings. The molecule has 0 heterocycles. The molecule has 3 nitrogen and oxygen atoms in total. The Morgan fingerprint density at radius 2 is 1.93 bits per heavy atom. The van der Waals surface area contributed by atoms with Gasteiger partial charge in [0.1, 0.15) is 0 Å². The van der Waals surface area contributed by atoms with E-state index in [-0.39, 0.29) is 6.42 Å². The first-order valence-electron chi connectivity index (χ1n) is 5.42. The summed E-state index contributed by atoms with van der Waals surface area (Å²) in [7, 11) is 0. The SMILES string of the molecule is C=C(C)C(C)(CC(=O)O)C1(O)CCCC1. The van der Waals surface area contributed by atoms with Crippen molar-refractivity contribution in [3.05, 3.63) is 12.2 Å². The van der Waals surface area contributed by atoms with Crippen molar-refractivity contribution >= 4 is 5.97 Å². The van der Waals surface area contributed by atoms with Crippen LogP contribution in [0.15, 0.2) is 12.2 Å². The van der Waals surface area contributed by atoms with Crippen molar-refractivity contribution in [2.24, 2.45) is 5.41 Å². The minimum Gasteiger partial charge on any atom is -0.481 e. The van der Waals surface area contributed by atoms with E-state index in [0.717, 1.165) is 18.4 Å². The fourth-order valence-electron chi connectivity index (χ4n) is 2.53. The van der Waals surface area contributed by atoms with Crippen molar-refractivity contribution in [3.63, 3.8) is 0 Å². The van der Waals surface area contributed by atoms with Gasteiger partial charge in [0.2, 0.25) is 0 Å². The van der Waals surface area contributed by atoms with Gasteiger partial charge in [0, 0.05) is 5.41 Å². The number of hydrogen-bond donors (Lipinski definition) is 2. The molecule has 0 aromatic carbocycles. The number of hydrogen-bond acceptors (Lipinski definition) is 2. The lowest BCUT2D eigenvalue weighted by Crippen LogP contribution is -2.46. The van der Waals surface area contributed by atoms with Gasteiger partial charge in [-0.3, -0.25) is 4.79 Å². The standard InChI is InChI=1S/C12H20O3/c1-9(2)11(3,8-10(13)14)12(15)6-4-5-7-12/h15H,1,4-8H2,2-3H3,(H,13,14). The van der Waals surface area contributed by atoms with Gasteiger partial charge in [0.15, 0.2) is 0 Å². The van der Waals surface area contributed by atoms with Crippen LogP contribution in [0.1, 0.15) is 46.0 Å². The molecule has 1 unspecified atom stereocenters. The zero-order chi connectivity index (χ0) is 11.7. The number of carbonyl (C=O) groups is 1. The Labute approximate surface area is 90.8 Å². The van der Waals surface area contributed by atoms with Crippen LogP contribution in [0.25, 0.3) is 0 Å². The molecule has 0 bridgehead atoms. The largest absolute Gasteiger partial charge is 0.481 e. The molecule has 0 amide bonds. The van der Waals surface area contributed by atoms with E-state index >= 15 is 0 Å². The lowest BCUT2D eigenvalue weighted by atomic mass is 9.66. The van der Waals surface area contributed by atoms with Crippen LogP contribution in [-0.2, 0) is 4.79 Å². The van der Waals surface area contributed by atoms with Crippen molar-refractivity contribution < 1.29 is 15.0 Å². The Bertz CT molecular complexity index is 277. The van der Waals surface area contributed by atoms with Crippen LogP contribution in [0, 0.1) is 5.41 Å². The van der Waals surface area contributed by atoms with E-state index in [9.17, 15) is 9.90 Å². The second-order valence-corrected chi connectivity index (χ2v) is 4.92. The van der Waals surface area contributed by atoms with Gasteiger partial charge < -0.3 is 10.2 Å². The minimum absolute atomic E-state index is 0.0428. The van der Waals surface area contributed by atoms with E-state index < -0.39 is 17.0 Å². The number of aliphatic carboxylic acids is 1. The van der Waals surface area contributed by atoms with E-state index in [1.807, 2.05) is 6.92 Å². The normalized spacial score (nSPS) is 23.4. The molecule has 0 aromatic heterocycles. The van der Waals surface area contributed by atoms with Gasteiger partial charge in [-0.15, -0.1) is 0 Å². The fraction of sp³-hybridized carbons (Fsp3) is 0.750. The highest BCUT2D eigenvalue weighted by molar-refractivity contribution is 5.68. The van der Waals surface area contributed by atoms with E-state index in [0.29, 0.717) is 12.8 Å². The quantitative estimate of drug-likeness (QED) is 0.703. The molecule has 0 spiro atoms. The molecular weight excluding hydrogens is 192 g/mol. The van der Waals surface area contributed by atoms with Crippen LogP contribution in [0.5, 0.6) is 0 Å². The molecule has 0 radical (unpaired) electrons. The summed E-state index contributed by atoms with van der Waals surface area (Å²) < 4.78 is 0. The maximum absolute atomic E-state index is 10.9. The van der Waals surface area contributed by atoms with Crippen LogP contribution in [0.3, 0.4) is 0 Å². The maximum Gasteiger partial charge on any atom is 0.304 e. The van der Waals surface area contributed by atoms with E-state index in [1.54, 1.807) is 6.92 Å². The smallest absolute Gasteiger partial charge is 0.304 e. The monoisotopic (exact) mass is 212 g/mol. The zero-order valence-electron chi connectivity index (χ0n) is 9.55. The number of rotatable bonds is 4. The molecule has 1 saturated carbocycles. The molecule has 0 aromatic rings. The van der Waals surface area contributed by atoms with Crippen LogP contribution in [-0.4, -0.2) is 21.8 Å². The highest BCUT2D eigenvalue weighted by Gasteiger charge is 2.49. The third kappa shape index (κ3) is 2.07. The van der Waals surface area contributed by atoms with Gasteiger partial charge >= 0.3 is 5.97 Å². The van der Waals surface area contributed by atoms with Crippen LogP contribution >= 0.6 is 0 Å². The Balaban J connectivity index is 2.99. The van der Waals surface area contributed by atoms with Gasteiger partial charge in [0.25, 0.3) is 0 Å². The first-order valence-corrected chi connectivity index (χ1v) is 5.42. The second-order valence-electron chi connectivity index (χ2n) is 4.92. The van der Waals surface area contributed by atoms with Gasteiger partial charge in [-0.2, -0.15) is 0 Å². The first kappa shape index (κ1) is 12.2. The summed E-state index contributed by atoms with van der Waals surface area (Å²) in [6, 6.07) is 0. The lowest BCUT2D eigenvalue weighted by Gasteiger charge is -2.42. The van der Waals surface area contributed by atoms with Crippen molar-refractivity contribution in [3.8, 4) is 0 Å². The summed E-state index contributed by atoms with van der Waals surface area (Å²) in [5.41, 5.74) is -0.818. The molecule has 2 N–H and O–H groups in total. The third-order valence-electron chi connectivity index (χ3n) is 3.90. The molecule has 1 fully saturated rings. The molecule has 15 heavy (non-hydrogen) atoms. The van der Waals surface area contributed by atoms with E-state index in [1.165, 1.54) is 0 Å². The third-order valence-corrected chi connectivity index (χ3v) is 3.90. The average molecular weight is 212 g/mol. The molecule has 1 atom stereocenters. The topological polar surface area (TPSA) is 57.5 Å². The van der Waals surface area contributed by atoms with Crippen LogP contribution in [0.2, 0.25) is 0 Å². The summed E-state index contributed by atoms with van der Waals surface area (Å²) in [5, 5.41) is 19.4.